The fraction of sp³-hybridized carbons (Fsp3) is 0.222. The number of methoxy groups -OCH3 is 1. The zero-order valence-corrected chi connectivity index (χ0v) is 13.6. The maximum Gasteiger partial charge on any atom is 0.161 e. The van der Waals surface area contributed by atoms with Crippen LogP contribution in [-0.4, -0.2) is 12.2 Å². The maximum absolute atomic E-state index is 10.1. The van der Waals surface area contributed by atoms with E-state index < -0.39 is 0 Å². The van der Waals surface area contributed by atoms with Gasteiger partial charge in [0.15, 0.2) is 11.5 Å². The zero-order chi connectivity index (χ0) is 16.1. The van der Waals surface area contributed by atoms with Gasteiger partial charge in [-0.05, 0) is 48.7 Å². The molecule has 0 aromatic heterocycles. The number of anilines is 1. The number of allylic oxidation sites excluding steroid dienone is 1. The van der Waals surface area contributed by atoms with Gasteiger partial charge in [-0.15, -0.1) is 6.58 Å². The Balaban J connectivity index is 2.19. The number of aryl methyl sites for hydroxylation is 1. The fourth-order valence-corrected chi connectivity index (χ4v) is 2.39. The summed E-state index contributed by atoms with van der Waals surface area (Å²) < 4.78 is 5.23. The van der Waals surface area contributed by atoms with E-state index in [1.807, 2.05) is 37.3 Å². The Morgan fingerprint density at radius 1 is 1.32 bits per heavy atom. The van der Waals surface area contributed by atoms with E-state index in [1.54, 1.807) is 13.2 Å². The molecule has 0 fully saturated rings. The summed E-state index contributed by atoms with van der Waals surface area (Å²) in [6.45, 7) is 6.29. The standard InChI is InChI=1S/C18H20ClNO2/c1-4-5-14-8-13(9-17(22-3)18(14)21)11-20-15-7-6-12(2)16(19)10-15/h4,6-10,20-21H,1,5,11H2,2-3H3. The summed E-state index contributed by atoms with van der Waals surface area (Å²) in [5.74, 6) is 0.641. The van der Waals surface area contributed by atoms with Gasteiger partial charge in [-0.25, -0.2) is 0 Å². The largest absolute Gasteiger partial charge is 0.504 e. The van der Waals surface area contributed by atoms with Crippen molar-refractivity contribution in [3.05, 3.63) is 64.7 Å². The highest BCUT2D eigenvalue weighted by Crippen LogP contribution is 2.32. The molecule has 0 unspecified atom stereocenters. The van der Waals surface area contributed by atoms with Crippen molar-refractivity contribution in [3.8, 4) is 11.5 Å². The van der Waals surface area contributed by atoms with Crippen LogP contribution >= 0.6 is 11.6 Å². The maximum atomic E-state index is 10.1. The molecule has 2 aromatic carbocycles. The minimum atomic E-state index is 0.171. The minimum Gasteiger partial charge on any atom is -0.504 e. The molecule has 4 heteroatoms. The first-order chi connectivity index (χ1) is 10.5. The van der Waals surface area contributed by atoms with E-state index in [-0.39, 0.29) is 5.75 Å². The second-order valence-corrected chi connectivity index (χ2v) is 5.52. The third kappa shape index (κ3) is 3.74. The van der Waals surface area contributed by atoms with E-state index in [0.717, 1.165) is 27.4 Å². The second-order valence-electron chi connectivity index (χ2n) is 5.12. The Labute approximate surface area is 136 Å². The van der Waals surface area contributed by atoms with Crippen molar-refractivity contribution in [2.24, 2.45) is 0 Å². The second kappa shape index (κ2) is 7.23. The molecule has 3 nitrogen and oxygen atoms in total. The highest BCUT2D eigenvalue weighted by atomic mass is 35.5. The third-order valence-electron chi connectivity index (χ3n) is 3.47. The van der Waals surface area contributed by atoms with E-state index in [4.69, 9.17) is 16.3 Å². The summed E-state index contributed by atoms with van der Waals surface area (Å²) in [5, 5.41) is 14.1. The Morgan fingerprint density at radius 3 is 2.73 bits per heavy atom. The molecule has 0 bridgehead atoms. The number of phenolic OH excluding ortho intramolecular Hbond substituents is 1. The lowest BCUT2D eigenvalue weighted by atomic mass is 10.1. The van der Waals surface area contributed by atoms with Gasteiger partial charge in [-0.2, -0.15) is 0 Å². The lowest BCUT2D eigenvalue weighted by Gasteiger charge is -2.13. The molecule has 0 spiro atoms. The number of benzene rings is 2. The molecular weight excluding hydrogens is 298 g/mol. The van der Waals surface area contributed by atoms with Gasteiger partial charge in [0.1, 0.15) is 0 Å². The molecule has 2 rings (SSSR count). The van der Waals surface area contributed by atoms with Gasteiger partial charge in [-0.1, -0.05) is 23.7 Å². The lowest BCUT2D eigenvalue weighted by Crippen LogP contribution is -2.01. The number of ether oxygens (including phenoxy) is 1. The van der Waals surface area contributed by atoms with Crippen molar-refractivity contribution in [2.45, 2.75) is 19.9 Å². The van der Waals surface area contributed by atoms with Crippen molar-refractivity contribution in [1.82, 2.24) is 0 Å². The topological polar surface area (TPSA) is 41.5 Å². The first kappa shape index (κ1) is 16.2. The molecule has 0 aliphatic carbocycles. The van der Waals surface area contributed by atoms with Gasteiger partial charge in [0.2, 0.25) is 0 Å². The fourth-order valence-electron chi connectivity index (χ4n) is 2.20. The van der Waals surface area contributed by atoms with Crippen LogP contribution in [0.3, 0.4) is 0 Å². The number of nitrogens with one attached hydrogen (secondary N) is 1. The van der Waals surface area contributed by atoms with Gasteiger partial charge >= 0.3 is 0 Å². The molecule has 0 aliphatic rings. The molecule has 0 atom stereocenters. The summed E-state index contributed by atoms with van der Waals surface area (Å²) in [5.41, 5.74) is 3.82. The summed E-state index contributed by atoms with van der Waals surface area (Å²) >= 11 is 6.13. The summed E-state index contributed by atoms with van der Waals surface area (Å²) in [6, 6.07) is 9.64. The Hall–Kier alpha value is -2.13. The van der Waals surface area contributed by atoms with Gasteiger partial charge < -0.3 is 15.2 Å². The van der Waals surface area contributed by atoms with Crippen LogP contribution in [0, 0.1) is 6.92 Å². The molecule has 2 aromatic rings. The highest BCUT2D eigenvalue weighted by Gasteiger charge is 2.09. The number of hydrogen-bond acceptors (Lipinski definition) is 3. The van der Waals surface area contributed by atoms with Crippen LogP contribution in [0.2, 0.25) is 5.02 Å². The Morgan fingerprint density at radius 2 is 2.09 bits per heavy atom. The molecule has 0 saturated heterocycles. The quantitative estimate of drug-likeness (QED) is 0.759. The SMILES string of the molecule is C=CCc1cc(CNc2ccc(C)c(Cl)c2)cc(OC)c1O. The molecule has 0 heterocycles. The molecule has 0 radical (unpaired) electrons. The highest BCUT2D eigenvalue weighted by molar-refractivity contribution is 6.31. The predicted octanol–water partition coefficient (Wildman–Crippen LogP) is 4.70. The minimum absolute atomic E-state index is 0.171. The van der Waals surface area contributed by atoms with Crippen LogP contribution in [0.15, 0.2) is 43.0 Å². The van der Waals surface area contributed by atoms with Crippen LogP contribution in [0.25, 0.3) is 0 Å². The van der Waals surface area contributed by atoms with Crippen LogP contribution in [-0.2, 0) is 13.0 Å². The average molecular weight is 318 g/mol. The monoisotopic (exact) mass is 317 g/mol. The van der Waals surface area contributed by atoms with Crippen LogP contribution in [0.4, 0.5) is 5.69 Å². The van der Waals surface area contributed by atoms with E-state index >= 15 is 0 Å². The number of hydrogen-bond donors (Lipinski definition) is 2. The Kier molecular flexibility index (Phi) is 5.34. The lowest BCUT2D eigenvalue weighted by molar-refractivity contribution is 0.370. The molecule has 116 valence electrons. The molecular formula is C18H20ClNO2. The van der Waals surface area contributed by atoms with E-state index in [9.17, 15) is 5.11 Å². The number of phenols is 1. The van der Waals surface area contributed by atoms with Crippen molar-refractivity contribution < 1.29 is 9.84 Å². The molecule has 22 heavy (non-hydrogen) atoms. The third-order valence-corrected chi connectivity index (χ3v) is 3.87. The van der Waals surface area contributed by atoms with Crippen LogP contribution in [0.1, 0.15) is 16.7 Å². The molecule has 0 amide bonds. The van der Waals surface area contributed by atoms with Crippen LogP contribution in [0.5, 0.6) is 11.5 Å². The van der Waals surface area contributed by atoms with Gasteiger partial charge in [0.05, 0.1) is 7.11 Å². The molecule has 0 saturated carbocycles. The smallest absolute Gasteiger partial charge is 0.161 e. The van der Waals surface area contributed by atoms with Crippen molar-refractivity contribution in [3.63, 3.8) is 0 Å². The predicted molar refractivity (Wildman–Crippen MR) is 92.1 cm³/mol. The normalized spacial score (nSPS) is 10.3. The van der Waals surface area contributed by atoms with Gasteiger partial charge in [-0.3, -0.25) is 0 Å². The first-order valence-corrected chi connectivity index (χ1v) is 7.42. The summed E-state index contributed by atoms with van der Waals surface area (Å²) in [7, 11) is 1.55. The first-order valence-electron chi connectivity index (χ1n) is 7.04. The van der Waals surface area contributed by atoms with E-state index in [1.165, 1.54) is 0 Å². The van der Waals surface area contributed by atoms with E-state index in [2.05, 4.69) is 11.9 Å². The number of halogens is 1. The van der Waals surface area contributed by atoms with E-state index in [0.29, 0.717) is 18.7 Å². The number of aromatic hydroxyl groups is 1. The van der Waals surface area contributed by atoms with Crippen LogP contribution < -0.4 is 10.1 Å². The molecule has 0 aliphatic heterocycles. The number of rotatable bonds is 6. The van der Waals surface area contributed by atoms with Crippen molar-refractivity contribution >= 4 is 17.3 Å². The van der Waals surface area contributed by atoms with Gasteiger partial charge in [0, 0.05) is 22.8 Å². The van der Waals surface area contributed by atoms with Crippen molar-refractivity contribution in [1.29, 1.82) is 0 Å². The average Bonchev–Trinajstić information content (AvgIpc) is 2.51. The van der Waals surface area contributed by atoms with Crippen molar-refractivity contribution in [2.75, 3.05) is 12.4 Å². The summed E-state index contributed by atoms with van der Waals surface area (Å²) in [4.78, 5) is 0. The molecule has 2 N–H and O–H groups in total. The van der Waals surface area contributed by atoms with Gasteiger partial charge in [0.25, 0.3) is 0 Å². The zero-order valence-electron chi connectivity index (χ0n) is 12.8. The Bertz CT molecular complexity index is 683. The summed E-state index contributed by atoms with van der Waals surface area (Å²) in [6.07, 6.45) is 2.35.